The lowest BCUT2D eigenvalue weighted by molar-refractivity contribution is -0.125. The molecule has 0 radical (unpaired) electrons. The fourth-order valence-corrected chi connectivity index (χ4v) is 4.79. The molecule has 4 rings (SSSR count). The first-order valence-electron chi connectivity index (χ1n) is 11.0. The first kappa shape index (κ1) is 22.9. The number of carbonyl (C=O) groups excluding carboxylic acids is 1. The van der Waals surface area contributed by atoms with Crippen molar-refractivity contribution in [3.63, 3.8) is 0 Å². The number of hydrogen-bond acceptors (Lipinski definition) is 7. The number of anilines is 1. The number of piperidine rings is 1. The van der Waals surface area contributed by atoms with Crippen molar-refractivity contribution in [1.29, 1.82) is 0 Å². The Balaban J connectivity index is 1.33. The first-order chi connectivity index (χ1) is 16.2. The summed E-state index contributed by atoms with van der Waals surface area (Å²) in [7, 11) is 3.24. The molecule has 172 valence electrons. The molecule has 1 aromatic heterocycles. The number of benzene rings is 2. The smallest absolute Gasteiger partial charge is 0.223 e. The Kier molecular flexibility index (Phi) is 7.67. The fraction of sp³-hybridized carbons (Fsp3) is 0.320. The van der Waals surface area contributed by atoms with Crippen LogP contribution >= 0.6 is 11.8 Å². The number of aromatic nitrogens is 2. The van der Waals surface area contributed by atoms with Crippen LogP contribution < -0.4 is 19.7 Å². The second-order valence-corrected chi connectivity index (χ2v) is 8.82. The SMILES string of the molecule is COc1ccc(CNC(=O)C2CCN(c3nccnc3Sc3ccccc3)CC2)c(OC)c1. The molecule has 2 aromatic carbocycles. The van der Waals surface area contributed by atoms with E-state index in [2.05, 4.69) is 32.3 Å². The summed E-state index contributed by atoms with van der Waals surface area (Å²) in [5, 5.41) is 3.96. The molecule has 0 unspecified atom stereocenters. The van der Waals surface area contributed by atoms with E-state index >= 15 is 0 Å². The molecule has 0 saturated carbocycles. The van der Waals surface area contributed by atoms with Gasteiger partial charge in [0, 0.05) is 54.5 Å². The van der Waals surface area contributed by atoms with Crippen LogP contribution in [0.1, 0.15) is 18.4 Å². The summed E-state index contributed by atoms with van der Waals surface area (Å²) in [6.45, 7) is 1.96. The Labute approximate surface area is 198 Å². The molecule has 0 spiro atoms. The van der Waals surface area contributed by atoms with Crippen molar-refractivity contribution in [2.45, 2.75) is 29.3 Å². The number of hydrogen-bond donors (Lipinski definition) is 1. The number of nitrogens with zero attached hydrogens (tertiary/aromatic N) is 3. The highest BCUT2D eigenvalue weighted by atomic mass is 32.2. The topological polar surface area (TPSA) is 76.6 Å². The van der Waals surface area contributed by atoms with Gasteiger partial charge in [-0.3, -0.25) is 4.79 Å². The van der Waals surface area contributed by atoms with Crippen LogP contribution in [0.25, 0.3) is 0 Å². The van der Waals surface area contributed by atoms with Crippen LogP contribution in [-0.4, -0.2) is 43.2 Å². The van der Waals surface area contributed by atoms with Crippen molar-refractivity contribution < 1.29 is 14.3 Å². The van der Waals surface area contributed by atoms with Crippen LogP contribution in [-0.2, 0) is 11.3 Å². The number of amides is 1. The highest BCUT2D eigenvalue weighted by molar-refractivity contribution is 7.99. The van der Waals surface area contributed by atoms with Crippen molar-refractivity contribution in [3.8, 4) is 11.5 Å². The first-order valence-corrected chi connectivity index (χ1v) is 11.8. The number of carbonyl (C=O) groups is 1. The third-order valence-electron chi connectivity index (χ3n) is 5.72. The van der Waals surface area contributed by atoms with Gasteiger partial charge in [0.1, 0.15) is 16.5 Å². The molecule has 1 aliphatic heterocycles. The average molecular weight is 465 g/mol. The van der Waals surface area contributed by atoms with Gasteiger partial charge >= 0.3 is 0 Å². The molecule has 1 N–H and O–H groups in total. The molecule has 0 atom stereocenters. The van der Waals surface area contributed by atoms with Crippen LogP contribution in [0.15, 0.2) is 70.8 Å². The van der Waals surface area contributed by atoms with E-state index in [1.807, 2.05) is 36.4 Å². The number of rotatable bonds is 8. The van der Waals surface area contributed by atoms with Gasteiger partial charge in [0.15, 0.2) is 5.82 Å². The van der Waals surface area contributed by atoms with E-state index in [-0.39, 0.29) is 11.8 Å². The number of methoxy groups -OCH3 is 2. The van der Waals surface area contributed by atoms with E-state index in [1.54, 1.807) is 38.4 Å². The largest absolute Gasteiger partial charge is 0.497 e. The molecule has 1 aliphatic rings. The van der Waals surface area contributed by atoms with Gasteiger partial charge in [-0.25, -0.2) is 9.97 Å². The molecule has 3 aromatic rings. The third kappa shape index (κ3) is 5.76. The second-order valence-electron chi connectivity index (χ2n) is 7.76. The molecule has 33 heavy (non-hydrogen) atoms. The summed E-state index contributed by atoms with van der Waals surface area (Å²) >= 11 is 1.61. The Bertz CT molecular complexity index is 1070. The van der Waals surface area contributed by atoms with Crippen molar-refractivity contribution in [3.05, 3.63) is 66.5 Å². The summed E-state index contributed by atoms with van der Waals surface area (Å²) in [6, 6.07) is 15.8. The van der Waals surface area contributed by atoms with Gasteiger partial charge in [0.2, 0.25) is 5.91 Å². The molecule has 1 saturated heterocycles. The van der Waals surface area contributed by atoms with Crippen molar-refractivity contribution in [1.82, 2.24) is 15.3 Å². The minimum absolute atomic E-state index is 0.0209. The number of nitrogens with one attached hydrogen (secondary N) is 1. The van der Waals surface area contributed by atoms with E-state index in [0.29, 0.717) is 12.3 Å². The van der Waals surface area contributed by atoms with Gasteiger partial charge in [-0.2, -0.15) is 0 Å². The highest BCUT2D eigenvalue weighted by Crippen LogP contribution is 2.34. The lowest BCUT2D eigenvalue weighted by Crippen LogP contribution is -2.41. The Hall–Kier alpha value is -3.26. The molecular weight excluding hydrogens is 436 g/mol. The Morgan fingerprint density at radius 1 is 1.06 bits per heavy atom. The van der Waals surface area contributed by atoms with Gasteiger partial charge in [0.05, 0.1) is 14.2 Å². The van der Waals surface area contributed by atoms with Crippen LogP contribution in [0.3, 0.4) is 0 Å². The summed E-state index contributed by atoms with van der Waals surface area (Å²) < 4.78 is 10.7. The lowest BCUT2D eigenvalue weighted by atomic mass is 9.96. The monoisotopic (exact) mass is 464 g/mol. The van der Waals surface area contributed by atoms with Crippen LogP contribution in [0.4, 0.5) is 5.82 Å². The fourth-order valence-electron chi connectivity index (χ4n) is 3.89. The Morgan fingerprint density at radius 3 is 2.55 bits per heavy atom. The number of ether oxygens (including phenoxy) is 2. The molecule has 8 heteroatoms. The van der Waals surface area contributed by atoms with E-state index in [9.17, 15) is 4.79 Å². The predicted octanol–water partition coefficient (Wildman–Crippen LogP) is 4.18. The van der Waals surface area contributed by atoms with Crippen LogP contribution in [0.2, 0.25) is 0 Å². The maximum atomic E-state index is 12.8. The van der Waals surface area contributed by atoms with E-state index in [4.69, 9.17) is 9.47 Å². The van der Waals surface area contributed by atoms with E-state index < -0.39 is 0 Å². The van der Waals surface area contributed by atoms with E-state index in [1.165, 1.54) is 0 Å². The molecule has 0 bridgehead atoms. The summed E-state index contributed by atoms with van der Waals surface area (Å²) in [5.74, 6) is 2.37. The lowest BCUT2D eigenvalue weighted by Gasteiger charge is -2.32. The highest BCUT2D eigenvalue weighted by Gasteiger charge is 2.27. The van der Waals surface area contributed by atoms with Gasteiger partial charge in [0.25, 0.3) is 0 Å². The summed E-state index contributed by atoms with van der Waals surface area (Å²) in [4.78, 5) is 25.3. The zero-order valence-corrected chi connectivity index (χ0v) is 19.7. The average Bonchev–Trinajstić information content (AvgIpc) is 2.88. The van der Waals surface area contributed by atoms with Crippen LogP contribution in [0.5, 0.6) is 11.5 Å². The van der Waals surface area contributed by atoms with Crippen molar-refractivity contribution in [2.75, 3.05) is 32.2 Å². The maximum absolute atomic E-state index is 12.8. The molecule has 2 heterocycles. The normalized spacial score (nSPS) is 14.1. The minimum Gasteiger partial charge on any atom is -0.497 e. The van der Waals surface area contributed by atoms with E-state index in [0.717, 1.165) is 53.0 Å². The molecule has 0 aliphatic carbocycles. The van der Waals surface area contributed by atoms with Crippen molar-refractivity contribution in [2.24, 2.45) is 5.92 Å². The van der Waals surface area contributed by atoms with Gasteiger partial charge < -0.3 is 19.7 Å². The third-order valence-corrected chi connectivity index (χ3v) is 6.71. The zero-order valence-electron chi connectivity index (χ0n) is 18.9. The predicted molar refractivity (Wildman–Crippen MR) is 129 cm³/mol. The summed E-state index contributed by atoms with van der Waals surface area (Å²) in [5.41, 5.74) is 0.922. The van der Waals surface area contributed by atoms with Gasteiger partial charge in [-0.15, -0.1) is 0 Å². The molecule has 1 fully saturated rings. The zero-order chi connectivity index (χ0) is 23.0. The maximum Gasteiger partial charge on any atom is 0.223 e. The summed E-state index contributed by atoms with van der Waals surface area (Å²) in [6.07, 6.45) is 5.00. The molecule has 7 nitrogen and oxygen atoms in total. The Morgan fingerprint density at radius 2 is 1.82 bits per heavy atom. The molecule has 1 amide bonds. The van der Waals surface area contributed by atoms with Gasteiger partial charge in [-0.1, -0.05) is 30.0 Å². The minimum atomic E-state index is -0.0209. The second kappa shape index (κ2) is 11.0. The standard InChI is InChI=1S/C25H28N4O3S/c1-31-20-9-8-19(22(16-20)32-2)17-28-24(30)18-10-14-29(15-11-18)23-25(27-13-12-26-23)33-21-6-4-3-5-7-21/h3-9,12-13,16,18H,10-11,14-15,17H2,1-2H3,(H,28,30). The van der Waals surface area contributed by atoms with Crippen LogP contribution in [0, 0.1) is 5.92 Å². The molecular formula is C25H28N4O3S. The van der Waals surface area contributed by atoms with Gasteiger partial charge in [-0.05, 0) is 37.1 Å². The quantitative estimate of drug-likeness (QED) is 0.536. The van der Waals surface area contributed by atoms with Crippen molar-refractivity contribution >= 4 is 23.5 Å².